The lowest BCUT2D eigenvalue weighted by Gasteiger charge is -2.35. The van der Waals surface area contributed by atoms with Gasteiger partial charge >= 0.3 is 0 Å². The molecule has 1 aromatic rings. The molecule has 0 radical (unpaired) electrons. The van der Waals surface area contributed by atoms with Crippen LogP contribution in [0.15, 0.2) is 18.3 Å². The molecule has 4 nitrogen and oxygen atoms in total. The minimum atomic E-state index is 0.421. The fraction of sp³-hybridized carbons (Fsp3) is 0.545. The normalized spacial score (nSPS) is 21.7. The molecular formula is C11H17N3O. The molecule has 82 valence electrons. The van der Waals surface area contributed by atoms with E-state index in [0.717, 1.165) is 31.1 Å². The molecule has 0 saturated carbocycles. The zero-order valence-corrected chi connectivity index (χ0v) is 9.02. The average molecular weight is 207 g/mol. The van der Waals surface area contributed by atoms with Crippen molar-refractivity contribution < 1.29 is 4.74 Å². The van der Waals surface area contributed by atoms with E-state index in [1.54, 1.807) is 0 Å². The van der Waals surface area contributed by atoms with Crippen LogP contribution < -0.4 is 10.6 Å². The Balaban J connectivity index is 2.13. The SMILES string of the molecule is CC1COCCN1c1ccc(CN)nc1. The number of aromatic nitrogens is 1. The first-order valence-corrected chi connectivity index (χ1v) is 5.30. The van der Waals surface area contributed by atoms with Gasteiger partial charge in [0.1, 0.15) is 0 Å². The number of ether oxygens (including phenoxy) is 1. The third-order valence-corrected chi connectivity index (χ3v) is 2.72. The lowest BCUT2D eigenvalue weighted by atomic mass is 10.2. The van der Waals surface area contributed by atoms with Gasteiger partial charge in [-0.15, -0.1) is 0 Å². The third-order valence-electron chi connectivity index (χ3n) is 2.72. The quantitative estimate of drug-likeness (QED) is 0.778. The summed E-state index contributed by atoms with van der Waals surface area (Å²) in [7, 11) is 0. The van der Waals surface area contributed by atoms with Crippen LogP contribution in [0.3, 0.4) is 0 Å². The molecule has 1 fully saturated rings. The highest BCUT2D eigenvalue weighted by Crippen LogP contribution is 2.18. The van der Waals surface area contributed by atoms with Crippen molar-refractivity contribution in [1.29, 1.82) is 0 Å². The van der Waals surface area contributed by atoms with Gasteiger partial charge in [-0.3, -0.25) is 4.98 Å². The lowest BCUT2D eigenvalue weighted by Crippen LogP contribution is -2.43. The number of anilines is 1. The van der Waals surface area contributed by atoms with Crippen molar-refractivity contribution in [3.8, 4) is 0 Å². The molecule has 0 aliphatic carbocycles. The number of nitrogens with zero attached hydrogens (tertiary/aromatic N) is 2. The smallest absolute Gasteiger partial charge is 0.0668 e. The van der Waals surface area contributed by atoms with Gasteiger partial charge in [0, 0.05) is 19.1 Å². The summed E-state index contributed by atoms with van der Waals surface area (Å²) in [5, 5.41) is 0. The second-order valence-corrected chi connectivity index (χ2v) is 3.83. The van der Waals surface area contributed by atoms with Gasteiger partial charge in [-0.25, -0.2) is 0 Å². The van der Waals surface area contributed by atoms with Gasteiger partial charge in [0.15, 0.2) is 0 Å². The first-order chi connectivity index (χ1) is 7.31. The molecule has 1 saturated heterocycles. The van der Waals surface area contributed by atoms with Crippen molar-refractivity contribution in [3.05, 3.63) is 24.0 Å². The molecule has 0 bridgehead atoms. The summed E-state index contributed by atoms with van der Waals surface area (Å²) >= 11 is 0. The van der Waals surface area contributed by atoms with Gasteiger partial charge < -0.3 is 15.4 Å². The number of pyridine rings is 1. The van der Waals surface area contributed by atoms with Crippen LogP contribution in [0, 0.1) is 0 Å². The van der Waals surface area contributed by atoms with Gasteiger partial charge in [-0.05, 0) is 19.1 Å². The standard InChI is InChI=1S/C11H17N3O/c1-9-8-15-5-4-14(9)11-3-2-10(6-12)13-7-11/h2-3,7,9H,4-6,8,12H2,1H3. The van der Waals surface area contributed by atoms with Crippen molar-refractivity contribution in [1.82, 2.24) is 4.98 Å². The average Bonchev–Trinajstić information content (AvgIpc) is 2.30. The Hall–Kier alpha value is -1.13. The summed E-state index contributed by atoms with van der Waals surface area (Å²) in [6.45, 7) is 5.18. The van der Waals surface area contributed by atoms with Crippen molar-refractivity contribution in [2.75, 3.05) is 24.7 Å². The Bertz CT molecular complexity index is 312. The van der Waals surface area contributed by atoms with Gasteiger partial charge in [0.25, 0.3) is 0 Å². The van der Waals surface area contributed by atoms with E-state index in [1.165, 1.54) is 0 Å². The van der Waals surface area contributed by atoms with E-state index in [1.807, 2.05) is 12.3 Å². The molecule has 15 heavy (non-hydrogen) atoms. The Morgan fingerprint density at radius 3 is 3.07 bits per heavy atom. The van der Waals surface area contributed by atoms with Crippen molar-refractivity contribution >= 4 is 5.69 Å². The topological polar surface area (TPSA) is 51.4 Å². The molecule has 0 spiro atoms. The van der Waals surface area contributed by atoms with Crippen LogP contribution >= 0.6 is 0 Å². The van der Waals surface area contributed by atoms with Crippen LogP contribution in [0.25, 0.3) is 0 Å². The van der Waals surface area contributed by atoms with Crippen LogP contribution in [0.5, 0.6) is 0 Å². The number of morpholine rings is 1. The summed E-state index contributed by atoms with van der Waals surface area (Å²) in [6, 6.07) is 4.48. The lowest BCUT2D eigenvalue weighted by molar-refractivity contribution is 0.0989. The second kappa shape index (κ2) is 4.59. The molecule has 2 rings (SSSR count). The number of hydrogen-bond donors (Lipinski definition) is 1. The molecule has 2 N–H and O–H groups in total. The minimum Gasteiger partial charge on any atom is -0.377 e. The zero-order chi connectivity index (χ0) is 10.7. The van der Waals surface area contributed by atoms with Gasteiger partial charge in [0.05, 0.1) is 30.8 Å². The Morgan fingerprint density at radius 2 is 2.47 bits per heavy atom. The van der Waals surface area contributed by atoms with Crippen molar-refractivity contribution in [2.45, 2.75) is 19.5 Å². The third kappa shape index (κ3) is 2.27. The number of nitrogens with two attached hydrogens (primary N) is 1. The molecule has 2 heterocycles. The van der Waals surface area contributed by atoms with Gasteiger partial charge in [-0.1, -0.05) is 0 Å². The first kappa shape index (κ1) is 10.4. The van der Waals surface area contributed by atoms with Crippen LogP contribution in [0.1, 0.15) is 12.6 Å². The van der Waals surface area contributed by atoms with Gasteiger partial charge in [0.2, 0.25) is 0 Å². The predicted molar refractivity (Wildman–Crippen MR) is 59.8 cm³/mol. The highest BCUT2D eigenvalue weighted by molar-refractivity contribution is 5.45. The van der Waals surface area contributed by atoms with E-state index in [-0.39, 0.29) is 0 Å². The minimum absolute atomic E-state index is 0.421. The molecule has 0 aromatic carbocycles. The summed E-state index contributed by atoms with van der Waals surface area (Å²) in [4.78, 5) is 6.62. The van der Waals surface area contributed by atoms with Crippen LogP contribution in [0.2, 0.25) is 0 Å². The Labute approximate surface area is 90.0 Å². The second-order valence-electron chi connectivity index (χ2n) is 3.83. The molecule has 0 amide bonds. The molecular weight excluding hydrogens is 190 g/mol. The number of hydrogen-bond acceptors (Lipinski definition) is 4. The van der Waals surface area contributed by atoms with E-state index < -0.39 is 0 Å². The Kier molecular flexibility index (Phi) is 3.18. The largest absolute Gasteiger partial charge is 0.377 e. The molecule has 1 atom stereocenters. The predicted octanol–water partition coefficient (Wildman–Crippen LogP) is 0.765. The first-order valence-electron chi connectivity index (χ1n) is 5.30. The fourth-order valence-corrected chi connectivity index (χ4v) is 1.82. The zero-order valence-electron chi connectivity index (χ0n) is 9.02. The summed E-state index contributed by atoms with van der Waals surface area (Å²) in [5.74, 6) is 0. The summed E-state index contributed by atoms with van der Waals surface area (Å²) in [6.07, 6.45) is 1.89. The van der Waals surface area contributed by atoms with E-state index >= 15 is 0 Å². The van der Waals surface area contributed by atoms with Gasteiger partial charge in [-0.2, -0.15) is 0 Å². The molecule has 4 heteroatoms. The number of rotatable bonds is 2. The molecule has 1 aliphatic heterocycles. The monoisotopic (exact) mass is 207 g/mol. The maximum Gasteiger partial charge on any atom is 0.0668 e. The van der Waals surface area contributed by atoms with E-state index in [2.05, 4.69) is 22.9 Å². The van der Waals surface area contributed by atoms with E-state index in [4.69, 9.17) is 10.5 Å². The van der Waals surface area contributed by atoms with Crippen LogP contribution in [0.4, 0.5) is 5.69 Å². The van der Waals surface area contributed by atoms with Crippen LogP contribution in [-0.4, -0.2) is 30.8 Å². The maximum atomic E-state index is 5.51. The molecule has 1 aliphatic rings. The molecule has 1 aromatic heterocycles. The molecule has 1 unspecified atom stereocenters. The van der Waals surface area contributed by atoms with Crippen LogP contribution in [-0.2, 0) is 11.3 Å². The van der Waals surface area contributed by atoms with Crippen molar-refractivity contribution in [2.24, 2.45) is 5.73 Å². The summed E-state index contributed by atoms with van der Waals surface area (Å²) in [5.41, 5.74) is 7.60. The van der Waals surface area contributed by atoms with E-state index in [9.17, 15) is 0 Å². The Morgan fingerprint density at radius 1 is 1.60 bits per heavy atom. The van der Waals surface area contributed by atoms with E-state index in [0.29, 0.717) is 12.6 Å². The maximum absolute atomic E-state index is 5.51. The fourth-order valence-electron chi connectivity index (χ4n) is 1.82. The highest BCUT2D eigenvalue weighted by Gasteiger charge is 2.18. The summed E-state index contributed by atoms with van der Waals surface area (Å²) < 4.78 is 5.40. The highest BCUT2D eigenvalue weighted by atomic mass is 16.5. The van der Waals surface area contributed by atoms with Crippen molar-refractivity contribution in [3.63, 3.8) is 0 Å².